The maximum atomic E-state index is 13.0. The Labute approximate surface area is 124 Å². The predicted octanol–water partition coefficient (Wildman–Crippen LogP) is 4.62. The lowest BCUT2D eigenvalue weighted by Crippen LogP contribution is -2.13. The van der Waals surface area contributed by atoms with E-state index in [0.29, 0.717) is 0 Å². The number of nitrogens with one attached hydrogen (secondary N) is 2. The largest absolute Gasteiger partial charge is 0.383 e. The molecule has 0 atom stereocenters. The standard InChI is InChI=1S/C16H18ClFN2/c1-11-7-12(2)9-14(8-11)20-6-5-19-13-3-4-16(18)15(17)10-13/h3-4,7-10,19-20H,5-6H2,1-2H3. The first-order valence-corrected chi connectivity index (χ1v) is 6.93. The van der Waals surface area contributed by atoms with Crippen molar-refractivity contribution >= 4 is 23.0 Å². The second-order valence-corrected chi connectivity index (χ2v) is 5.27. The average Bonchev–Trinajstić information content (AvgIpc) is 2.38. The number of hydrogen-bond donors (Lipinski definition) is 2. The summed E-state index contributed by atoms with van der Waals surface area (Å²) in [7, 11) is 0. The first-order chi connectivity index (χ1) is 9.54. The molecule has 0 fully saturated rings. The van der Waals surface area contributed by atoms with Crippen LogP contribution in [0.1, 0.15) is 11.1 Å². The van der Waals surface area contributed by atoms with E-state index >= 15 is 0 Å². The topological polar surface area (TPSA) is 24.1 Å². The van der Waals surface area contributed by atoms with Crippen LogP contribution in [0.2, 0.25) is 5.02 Å². The van der Waals surface area contributed by atoms with Crippen LogP contribution >= 0.6 is 11.6 Å². The molecule has 0 radical (unpaired) electrons. The minimum Gasteiger partial charge on any atom is -0.383 e. The van der Waals surface area contributed by atoms with Gasteiger partial charge in [-0.1, -0.05) is 17.7 Å². The van der Waals surface area contributed by atoms with Gasteiger partial charge in [0.1, 0.15) is 5.82 Å². The van der Waals surface area contributed by atoms with Crippen LogP contribution in [0.5, 0.6) is 0 Å². The lowest BCUT2D eigenvalue weighted by atomic mass is 10.1. The molecule has 0 amide bonds. The van der Waals surface area contributed by atoms with Crippen LogP contribution in [-0.4, -0.2) is 13.1 Å². The smallest absolute Gasteiger partial charge is 0.141 e. The van der Waals surface area contributed by atoms with E-state index in [1.54, 1.807) is 12.1 Å². The van der Waals surface area contributed by atoms with Crippen LogP contribution in [0.25, 0.3) is 0 Å². The first-order valence-electron chi connectivity index (χ1n) is 6.56. The molecule has 2 aromatic rings. The van der Waals surface area contributed by atoms with Crippen molar-refractivity contribution in [2.75, 3.05) is 23.7 Å². The van der Waals surface area contributed by atoms with Crippen LogP contribution in [0, 0.1) is 19.7 Å². The highest BCUT2D eigenvalue weighted by atomic mass is 35.5. The highest BCUT2D eigenvalue weighted by molar-refractivity contribution is 6.31. The summed E-state index contributed by atoms with van der Waals surface area (Å²) in [6.45, 7) is 5.67. The van der Waals surface area contributed by atoms with Crippen molar-refractivity contribution in [3.63, 3.8) is 0 Å². The van der Waals surface area contributed by atoms with Crippen LogP contribution in [-0.2, 0) is 0 Å². The van der Waals surface area contributed by atoms with E-state index in [0.717, 1.165) is 24.5 Å². The van der Waals surface area contributed by atoms with E-state index in [-0.39, 0.29) is 5.02 Å². The number of halogens is 2. The fraction of sp³-hybridized carbons (Fsp3) is 0.250. The number of anilines is 2. The molecule has 2 N–H and O–H groups in total. The van der Waals surface area contributed by atoms with E-state index in [4.69, 9.17) is 11.6 Å². The molecule has 0 aromatic heterocycles. The summed E-state index contributed by atoms with van der Waals surface area (Å²) in [6.07, 6.45) is 0. The third-order valence-electron chi connectivity index (χ3n) is 2.92. The van der Waals surface area contributed by atoms with Crippen molar-refractivity contribution in [3.05, 3.63) is 58.4 Å². The molecular formula is C16H18ClFN2. The van der Waals surface area contributed by atoms with Gasteiger partial charge in [-0.15, -0.1) is 0 Å². The van der Waals surface area contributed by atoms with Crippen molar-refractivity contribution in [2.45, 2.75) is 13.8 Å². The molecule has 2 nitrogen and oxygen atoms in total. The molecular weight excluding hydrogens is 275 g/mol. The summed E-state index contributed by atoms with van der Waals surface area (Å²) in [6, 6.07) is 11.0. The van der Waals surface area contributed by atoms with Crippen molar-refractivity contribution in [1.29, 1.82) is 0 Å². The lowest BCUT2D eigenvalue weighted by molar-refractivity contribution is 0.628. The van der Waals surface area contributed by atoms with Gasteiger partial charge in [-0.25, -0.2) is 4.39 Å². The molecule has 20 heavy (non-hydrogen) atoms. The zero-order valence-corrected chi connectivity index (χ0v) is 12.4. The Bertz CT molecular complexity index is 579. The highest BCUT2D eigenvalue weighted by Crippen LogP contribution is 2.19. The summed E-state index contributed by atoms with van der Waals surface area (Å²) in [5, 5.41) is 6.69. The van der Waals surface area contributed by atoms with Gasteiger partial charge in [0, 0.05) is 24.5 Å². The Morgan fingerprint density at radius 1 is 0.900 bits per heavy atom. The molecule has 0 unspecified atom stereocenters. The second-order valence-electron chi connectivity index (χ2n) is 4.86. The van der Waals surface area contributed by atoms with Crippen molar-refractivity contribution in [3.8, 4) is 0 Å². The molecule has 0 bridgehead atoms. The Kier molecular flexibility index (Phi) is 4.85. The molecule has 0 heterocycles. The monoisotopic (exact) mass is 292 g/mol. The molecule has 2 rings (SSSR count). The van der Waals surface area contributed by atoms with Gasteiger partial charge in [-0.3, -0.25) is 0 Å². The SMILES string of the molecule is Cc1cc(C)cc(NCCNc2ccc(F)c(Cl)c2)c1. The number of benzene rings is 2. The van der Waals surface area contributed by atoms with Crippen molar-refractivity contribution < 1.29 is 4.39 Å². The molecule has 4 heteroatoms. The van der Waals surface area contributed by atoms with Crippen LogP contribution in [0.15, 0.2) is 36.4 Å². The summed E-state index contributed by atoms with van der Waals surface area (Å²) in [5.41, 5.74) is 4.41. The molecule has 0 saturated carbocycles. The fourth-order valence-corrected chi connectivity index (χ4v) is 2.28. The van der Waals surface area contributed by atoms with E-state index in [2.05, 4.69) is 42.7 Å². The van der Waals surface area contributed by atoms with E-state index in [1.165, 1.54) is 17.2 Å². The Morgan fingerprint density at radius 2 is 1.50 bits per heavy atom. The maximum Gasteiger partial charge on any atom is 0.141 e. The fourth-order valence-electron chi connectivity index (χ4n) is 2.10. The zero-order valence-electron chi connectivity index (χ0n) is 11.6. The number of aryl methyl sites for hydroxylation is 2. The highest BCUT2D eigenvalue weighted by Gasteiger charge is 2.00. The van der Waals surface area contributed by atoms with Gasteiger partial charge in [-0.05, 0) is 55.3 Å². The van der Waals surface area contributed by atoms with E-state index in [9.17, 15) is 4.39 Å². The summed E-state index contributed by atoms with van der Waals surface area (Å²) >= 11 is 5.73. The van der Waals surface area contributed by atoms with E-state index in [1.807, 2.05) is 0 Å². The number of rotatable bonds is 5. The van der Waals surface area contributed by atoms with Gasteiger partial charge in [0.05, 0.1) is 5.02 Å². The Balaban J connectivity index is 1.82. The Hall–Kier alpha value is -1.74. The third-order valence-corrected chi connectivity index (χ3v) is 3.21. The maximum absolute atomic E-state index is 13.0. The van der Waals surface area contributed by atoms with Gasteiger partial charge in [-0.2, -0.15) is 0 Å². The van der Waals surface area contributed by atoms with Crippen molar-refractivity contribution in [1.82, 2.24) is 0 Å². The van der Waals surface area contributed by atoms with Crippen molar-refractivity contribution in [2.24, 2.45) is 0 Å². The van der Waals surface area contributed by atoms with Gasteiger partial charge in [0.15, 0.2) is 0 Å². The summed E-state index contributed by atoms with van der Waals surface area (Å²) in [5.74, 6) is -0.398. The molecule has 0 saturated heterocycles. The molecule has 0 spiro atoms. The Morgan fingerprint density at radius 3 is 2.10 bits per heavy atom. The quantitative estimate of drug-likeness (QED) is 0.786. The third kappa shape index (κ3) is 4.14. The molecule has 0 aliphatic heterocycles. The van der Waals surface area contributed by atoms with Crippen LogP contribution in [0.4, 0.5) is 15.8 Å². The first kappa shape index (κ1) is 14.7. The second kappa shape index (κ2) is 6.62. The molecule has 0 aliphatic carbocycles. The van der Waals surface area contributed by atoms with Gasteiger partial charge < -0.3 is 10.6 Å². The predicted molar refractivity (Wildman–Crippen MR) is 84.3 cm³/mol. The summed E-state index contributed by atoms with van der Waals surface area (Å²) in [4.78, 5) is 0. The van der Waals surface area contributed by atoms with E-state index < -0.39 is 5.82 Å². The van der Waals surface area contributed by atoms with Gasteiger partial charge in [0.25, 0.3) is 0 Å². The normalized spacial score (nSPS) is 10.4. The van der Waals surface area contributed by atoms with Gasteiger partial charge >= 0.3 is 0 Å². The van der Waals surface area contributed by atoms with Gasteiger partial charge in [0.2, 0.25) is 0 Å². The molecule has 0 aliphatic rings. The minimum atomic E-state index is -0.398. The zero-order chi connectivity index (χ0) is 14.5. The molecule has 106 valence electrons. The minimum absolute atomic E-state index is 0.136. The summed E-state index contributed by atoms with van der Waals surface area (Å²) < 4.78 is 13.0. The number of hydrogen-bond acceptors (Lipinski definition) is 2. The molecule has 2 aromatic carbocycles. The van der Waals surface area contributed by atoms with Crippen LogP contribution in [0.3, 0.4) is 0 Å². The van der Waals surface area contributed by atoms with Crippen LogP contribution < -0.4 is 10.6 Å². The average molecular weight is 293 g/mol. The lowest BCUT2D eigenvalue weighted by Gasteiger charge is -2.10.